The summed E-state index contributed by atoms with van der Waals surface area (Å²) in [6, 6.07) is 6.91. The Hall–Kier alpha value is -2.07. The van der Waals surface area contributed by atoms with E-state index in [1.54, 1.807) is 0 Å². The zero-order valence-corrected chi connectivity index (χ0v) is 9.52. The van der Waals surface area contributed by atoms with Crippen molar-refractivity contribution in [1.29, 1.82) is 0 Å². The number of carboxylic acid groups (broad SMARTS) is 1. The first-order valence-corrected chi connectivity index (χ1v) is 5.22. The maximum absolute atomic E-state index is 10.6. The smallest absolute Gasteiger partial charge is 0.320 e. The Morgan fingerprint density at radius 1 is 1.41 bits per heavy atom. The highest BCUT2D eigenvalue weighted by Crippen LogP contribution is 2.18. The van der Waals surface area contributed by atoms with Crippen LogP contribution in [0.15, 0.2) is 43.6 Å². The molecular weight excluding hydrogens is 216 g/mol. The number of para-hydroxylation sites is 1. The standard InChI is InChI=1S/C11H12N2O2.C2H4/c12-9(11(14)15)5-7-6-13-10-4-2-1-3-8(7)10;1-2/h1-4,6,9,13H,5,12H2,(H,14,15);1-2H2. The average Bonchev–Trinajstić information content (AvgIpc) is 2.75. The van der Waals surface area contributed by atoms with Gasteiger partial charge in [0.15, 0.2) is 0 Å². The van der Waals surface area contributed by atoms with Gasteiger partial charge in [-0.2, -0.15) is 0 Å². The highest BCUT2D eigenvalue weighted by atomic mass is 16.4. The molecule has 1 atom stereocenters. The fourth-order valence-corrected chi connectivity index (χ4v) is 1.62. The van der Waals surface area contributed by atoms with E-state index in [4.69, 9.17) is 10.8 Å². The lowest BCUT2D eigenvalue weighted by Gasteiger charge is -2.04. The summed E-state index contributed by atoms with van der Waals surface area (Å²) in [5, 5.41) is 9.75. The zero-order valence-electron chi connectivity index (χ0n) is 9.52. The Bertz CT molecular complexity index is 505. The lowest BCUT2D eigenvalue weighted by molar-refractivity contribution is -0.138. The molecule has 0 aliphatic carbocycles. The normalized spacial score (nSPS) is 11.6. The number of hydrogen-bond donors (Lipinski definition) is 3. The van der Waals surface area contributed by atoms with E-state index in [1.807, 2.05) is 30.5 Å². The molecule has 2 rings (SSSR count). The van der Waals surface area contributed by atoms with Crippen LogP contribution in [0.5, 0.6) is 0 Å². The number of H-pyrrole nitrogens is 1. The maximum atomic E-state index is 10.6. The van der Waals surface area contributed by atoms with Crippen molar-refractivity contribution < 1.29 is 9.90 Å². The fourth-order valence-electron chi connectivity index (χ4n) is 1.62. The van der Waals surface area contributed by atoms with Crippen LogP contribution < -0.4 is 5.73 Å². The van der Waals surface area contributed by atoms with Crippen LogP contribution in [0.1, 0.15) is 5.56 Å². The zero-order chi connectivity index (χ0) is 12.8. The molecule has 0 aliphatic rings. The number of nitrogens with two attached hydrogens (primary N) is 1. The number of aromatic nitrogens is 1. The van der Waals surface area contributed by atoms with Crippen molar-refractivity contribution in [2.24, 2.45) is 5.73 Å². The van der Waals surface area contributed by atoms with E-state index < -0.39 is 12.0 Å². The van der Waals surface area contributed by atoms with Crippen LogP contribution in [-0.4, -0.2) is 22.1 Å². The van der Waals surface area contributed by atoms with Crippen LogP contribution in [0, 0.1) is 0 Å². The summed E-state index contributed by atoms with van der Waals surface area (Å²) in [6.45, 7) is 6.00. The number of fused-ring (bicyclic) bond motifs is 1. The van der Waals surface area contributed by atoms with E-state index in [0.717, 1.165) is 16.5 Å². The van der Waals surface area contributed by atoms with Crippen LogP contribution in [-0.2, 0) is 11.2 Å². The van der Waals surface area contributed by atoms with Gasteiger partial charge in [0.2, 0.25) is 0 Å². The number of hydrogen-bond acceptors (Lipinski definition) is 2. The van der Waals surface area contributed by atoms with Gasteiger partial charge in [-0.05, 0) is 11.6 Å². The fraction of sp³-hybridized carbons (Fsp3) is 0.154. The highest BCUT2D eigenvalue weighted by molar-refractivity contribution is 5.84. The maximum Gasteiger partial charge on any atom is 0.320 e. The minimum absolute atomic E-state index is 0.347. The summed E-state index contributed by atoms with van der Waals surface area (Å²) >= 11 is 0. The second-order valence-corrected chi connectivity index (χ2v) is 3.51. The van der Waals surface area contributed by atoms with Crippen molar-refractivity contribution in [3.05, 3.63) is 49.2 Å². The molecule has 4 N–H and O–H groups in total. The van der Waals surface area contributed by atoms with Crippen LogP contribution in [0.3, 0.4) is 0 Å². The molecule has 1 unspecified atom stereocenters. The van der Waals surface area contributed by atoms with E-state index in [2.05, 4.69) is 18.1 Å². The topological polar surface area (TPSA) is 79.1 Å². The second kappa shape index (κ2) is 5.86. The van der Waals surface area contributed by atoms with Gasteiger partial charge in [-0.15, -0.1) is 13.2 Å². The van der Waals surface area contributed by atoms with Crippen LogP contribution in [0.4, 0.5) is 0 Å². The molecule has 0 spiro atoms. The summed E-state index contributed by atoms with van der Waals surface area (Å²) in [6.07, 6.45) is 2.16. The summed E-state index contributed by atoms with van der Waals surface area (Å²) in [4.78, 5) is 13.7. The molecule has 4 nitrogen and oxygen atoms in total. The largest absolute Gasteiger partial charge is 0.480 e. The van der Waals surface area contributed by atoms with Crippen LogP contribution in [0.2, 0.25) is 0 Å². The summed E-state index contributed by atoms with van der Waals surface area (Å²) in [5.41, 5.74) is 7.43. The van der Waals surface area contributed by atoms with Crippen molar-refractivity contribution in [2.75, 3.05) is 0 Å². The van der Waals surface area contributed by atoms with Crippen molar-refractivity contribution >= 4 is 16.9 Å². The first kappa shape index (κ1) is 13.0. The summed E-state index contributed by atoms with van der Waals surface area (Å²) in [7, 11) is 0. The van der Waals surface area contributed by atoms with Crippen molar-refractivity contribution in [3.8, 4) is 0 Å². The predicted molar refractivity (Wildman–Crippen MR) is 68.9 cm³/mol. The number of carboxylic acids is 1. The highest BCUT2D eigenvalue weighted by Gasteiger charge is 2.14. The minimum atomic E-state index is -0.972. The number of nitrogens with one attached hydrogen (secondary N) is 1. The van der Waals surface area contributed by atoms with Crippen molar-refractivity contribution in [3.63, 3.8) is 0 Å². The minimum Gasteiger partial charge on any atom is -0.480 e. The third-order valence-electron chi connectivity index (χ3n) is 2.43. The molecule has 17 heavy (non-hydrogen) atoms. The molecule has 0 saturated heterocycles. The van der Waals surface area contributed by atoms with E-state index >= 15 is 0 Å². The van der Waals surface area contributed by atoms with Gasteiger partial charge in [-0.1, -0.05) is 18.2 Å². The quantitative estimate of drug-likeness (QED) is 0.707. The molecule has 4 heteroatoms. The van der Waals surface area contributed by atoms with Crippen molar-refractivity contribution in [1.82, 2.24) is 4.98 Å². The molecule has 90 valence electrons. The van der Waals surface area contributed by atoms with Gasteiger partial charge in [0.25, 0.3) is 0 Å². The Labute approximate surface area is 99.8 Å². The number of rotatable bonds is 3. The van der Waals surface area contributed by atoms with Crippen LogP contribution in [0.25, 0.3) is 10.9 Å². The van der Waals surface area contributed by atoms with Gasteiger partial charge in [0.1, 0.15) is 6.04 Å². The molecule has 2 aromatic rings. The molecule has 0 fully saturated rings. The number of aliphatic carboxylic acids is 1. The Morgan fingerprint density at radius 2 is 2.06 bits per heavy atom. The molecule has 1 aromatic carbocycles. The summed E-state index contributed by atoms with van der Waals surface area (Å²) < 4.78 is 0. The molecule has 0 bridgehead atoms. The first-order valence-electron chi connectivity index (χ1n) is 5.22. The van der Waals surface area contributed by atoms with Gasteiger partial charge in [0, 0.05) is 23.5 Å². The molecule has 0 amide bonds. The second-order valence-electron chi connectivity index (χ2n) is 3.51. The van der Waals surface area contributed by atoms with E-state index in [9.17, 15) is 4.79 Å². The van der Waals surface area contributed by atoms with E-state index in [1.165, 1.54) is 0 Å². The van der Waals surface area contributed by atoms with E-state index in [0.29, 0.717) is 6.42 Å². The SMILES string of the molecule is C=C.NC(Cc1c[nH]c2ccccc12)C(=O)O. The van der Waals surface area contributed by atoms with Gasteiger partial charge in [-0.25, -0.2) is 0 Å². The predicted octanol–water partition coefficient (Wildman–Crippen LogP) is 1.92. The molecular formula is C13H16N2O2. The lowest BCUT2D eigenvalue weighted by atomic mass is 10.1. The number of aromatic amines is 1. The Balaban J connectivity index is 0.000000686. The molecule has 0 radical (unpaired) electrons. The van der Waals surface area contributed by atoms with Gasteiger partial charge < -0.3 is 15.8 Å². The Morgan fingerprint density at radius 3 is 2.71 bits per heavy atom. The Kier molecular flexibility index (Phi) is 4.48. The number of benzene rings is 1. The monoisotopic (exact) mass is 232 g/mol. The number of carbonyl (C=O) groups is 1. The van der Waals surface area contributed by atoms with Gasteiger partial charge >= 0.3 is 5.97 Å². The van der Waals surface area contributed by atoms with Gasteiger partial charge in [0.05, 0.1) is 0 Å². The average molecular weight is 232 g/mol. The van der Waals surface area contributed by atoms with E-state index in [-0.39, 0.29) is 0 Å². The van der Waals surface area contributed by atoms with Gasteiger partial charge in [-0.3, -0.25) is 4.79 Å². The lowest BCUT2D eigenvalue weighted by Crippen LogP contribution is -2.32. The molecule has 0 aliphatic heterocycles. The first-order chi connectivity index (χ1) is 8.18. The third kappa shape index (κ3) is 2.95. The summed E-state index contributed by atoms with van der Waals surface area (Å²) in [5.74, 6) is -0.972. The molecule has 1 heterocycles. The molecule has 1 aromatic heterocycles. The van der Waals surface area contributed by atoms with Crippen LogP contribution >= 0.6 is 0 Å². The third-order valence-corrected chi connectivity index (χ3v) is 2.43. The molecule has 0 saturated carbocycles. The van der Waals surface area contributed by atoms with Crippen molar-refractivity contribution in [2.45, 2.75) is 12.5 Å².